The molecular formula is C21H30N4O2. The number of hydrogen-bond donors (Lipinski definition) is 1. The molecule has 0 radical (unpaired) electrons. The van der Waals surface area contributed by atoms with Gasteiger partial charge in [-0.05, 0) is 45.4 Å². The first kappa shape index (κ1) is 18.4. The fraction of sp³-hybridized carbons (Fsp3) is 0.667. The van der Waals surface area contributed by atoms with Gasteiger partial charge in [-0.15, -0.1) is 0 Å². The number of aromatic amines is 1. The number of likely N-dealkylation sites (tertiary alicyclic amines) is 1. The molecule has 1 N–H and O–H groups in total. The molecular weight excluding hydrogens is 340 g/mol. The maximum Gasteiger partial charge on any atom is 0.255 e. The lowest BCUT2D eigenvalue weighted by Crippen LogP contribution is -2.40. The number of allylic oxidation sites excluding steroid dienone is 2. The summed E-state index contributed by atoms with van der Waals surface area (Å²) in [5.41, 5.74) is 1.69. The minimum atomic E-state index is -0.0796. The van der Waals surface area contributed by atoms with Crippen LogP contribution in [0.15, 0.2) is 16.9 Å². The van der Waals surface area contributed by atoms with Crippen molar-refractivity contribution in [3.8, 4) is 0 Å². The van der Waals surface area contributed by atoms with Crippen molar-refractivity contribution in [3.63, 3.8) is 0 Å². The molecule has 0 bridgehead atoms. The average molecular weight is 370 g/mol. The third-order valence-corrected chi connectivity index (χ3v) is 6.28. The molecule has 0 spiro atoms. The maximum absolute atomic E-state index is 12.8. The average Bonchev–Trinajstić information content (AvgIpc) is 3.32. The van der Waals surface area contributed by atoms with Crippen LogP contribution in [0.25, 0.3) is 0 Å². The Morgan fingerprint density at radius 3 is 2.93 bits per heavy atom. The number of fused-ring (bicyclic) bond motifs is 1. The van der Waals surface area contributed by atoms with Gasteiger partial charge in [0, 0.05) is 38.5 Å². The smallest absolute Gasteiger partial charge is 0.255 e. The van der Waals surface area contributed by atoms with Gasteiger partial charge in [0.2, 0.25) is 5.91 Å². The fourth-order valence-electron chi connectivity index (χ4n) is 4.62. The molecule has 4 rings (SSSR count). The van der Waals surface area contributed by atoms with E-state index in [1.165, 1.54) is 0 Å². The molecule has 146 valence electrons. The van der Waals surface area contributed by atoms with Gasteiger partial charge in [-0.25, -0.2) is 4.98 Å². The summed E-state index contributed by atoms with van der Waals surface area (Å²) in [7, 11) is 0. The van der Waals surface area contributed by atoms with Crippen LogP contribution in [0.2, 0.25) is 0 Å². The van der Waals surface area contributed by atoms with Crippen LogP contribution < -0.4 is 5.56 Å². The van der Waals surface area contributed by atoms with E-state index in [0.29, 0.717) is 30.7 Å². The molecule has 1 aromatic rings. The number of nitrogens with one attached hydrogen (secondary N) is 1. The number of carbonyl (C=O) groups excluding carboxylic acids is 1. The van der Waals surface area contributed by atoms with Crippen LogP contribution in [0.4, 0.5) is 0 Å². The Kier molecular flexibility index (Phi) is 5.17. The molecule has 6 heteroatoms. The van der Waals surface area contributed by atoms with Gasteiger partial charge in [0.25, 0.3) is 5.56 Å². The maximum atomic E-state index is 12.8. The monoisotopic (exact) mass is 370 g/mol. The standard InChI is InChI=1S/C21H30N4O2/c1-14(2)24-11-9-17-16(13-24)21(27)23-20(22-17)18-8-5-10-25(18)19(26)12-15-6-3-4-7-15/h3,6,14-15,18H,4-5,7-13H2,1-2H3,(H,22,23,27)/t15-,18-/m1/s1. The highest BCUT2D eigenvalue weighted by atomic mass is 16.2. The summed E-state index contributed by atoms with van der Waals surface area (Å²) in [6.07, 6.45) is 9.72. The molecule has 2 aliphatic heterocycles. The van der Waals surface area contributed by atoms with Crippen molar-refractivity contribution in [2.24, 2.45) is 5.92 Å². The zero-order valence-electron chi connectivity index (χ0n) is 16.4. The highest BCUT2D eigenvalue weighted by molar-refractivity contribution is 5.77. The summed E-state index contributed by atoms with van der Waals surface area (Å²) in [6.45, 7) is 6.67. The SMILES string of the molecule is CC(C)N1CCc2nc([C@H]3CCCN3C(=O)C[C@@H]3C=CCC3)[nH]c(=O)c2C1. The minimum absolute atomic E-state index is 0.0293. The van der Waals surface area contributed by atoms with Crippen molar-refractivity contribution < 1.29 is 4.79 Å². The summed E-state index contributed by atoms with van der Waals surface area (Å²) in [5.74, 6) is 1.25. The molecule has 0 unspecified atom stereocenters. The van der Waals surface area contributed by atoms with Gasteiger partial charge in [0.15, 0.2) is 0 Å². The molecule has 1 saturated heterocycles. The normalized spacial score (nSPS) is 25.4. The second kappa shape index (κ2) is 7.58. The summed E-state index contributed by atoms with van der Waals surface area (Å²) >= 11 is 0. The number of amides is 1. The van der Waals surface area contributed by atoms with Crippen molar-refractivity contribution in [2.75, 3.05) is 13.1 Å². The van der Waals surface area contributed by atoms with E-state index in [2.05, 4.69) is 35.9 Å². The van der Waals surface area contributed by atoms with E-state index in [0.717, 1.165) is 56.5 Å². The Hall–Kier alpha value is -1.95. The fourth-order valence-corrected chi connectivity index (χ4v) is 4.62. The summed E-state index contributed by atoms with van der Waals surface area (Å²) < 4.78 is 0. The number of carbonyl (C=O) groups is 1. The molecule has 0 saturated carbocycles. The van der Waals surface area contributed by atoms with E-state index in [4.69, 9.17) is 4.98 Å². The molecule has 1 aromatic heterocycles. The van der Waals surface area contributed by atoms with Gasteiger partial charge >= 0.3 is 0 Å². The van der Waals surface area contributed by atoms with Crippen LogP contribution in [-0.2, 0) is 17.8 Å². The molecule has 1 amide bonds. The quantitative estimate of drug-likeness (QED) is 0.827. The first-order valence-electron chi connectivity index (χ1n) is 10.3. The molecule has 1 fully saturated rings. The van der Waals surface area contributed by atoms with Crippen LogP contribution in [0.5, 0.6) is 0 Å². The van der Waals surface area contributed by atoms with E-state index in [1.807, 2.05) is 4.90 Å². The Balaban J connectivity index is 1.54. The summed E-state index contributed by atoms with van der Waals surface area (Å²) in [5, 5.41) is 0. The predicted octanol–water partition coefficient (Wildman–Crippen LogP) is 2.56. The van der Waals surface area contributed by atoms with Crippen molar-refractivity contribution in [1.82, 2.24) is 19.8 Å². The van der Waals surface area contributed by atoms with Crippen LogP contribution in [0.3, 0.4) is 0 Å². The number of hydrogen-bond acceptors (Lipinski definition) is 4. The second-order valence-corrected chi connectivity index (χ2v) is 8.41. The van der Waals surface area contributed by atoms with Crippen molar-refractivity contribution in [3.05, 3.63) is 39.6 Å². The molecule has 1 aliphatic carbocycles. The third kappa shape index (κ3) is 3.72. The Bertz CT molecular complexity index is 798. The lowest BCUT2D eigenvalue weighted by molar-refractivity contribution is -0.133. The number of rotatable bonds is 4. The predicted molar refractivity (Wildman–Crippen MR) is 104 cm³/mol. The minimum Gasteiger partial charge on any atom is -0.332 e. The first-order valence-corrected chi connectivity index (χ1v) is 10.3. The van der Waals surface area contributed by atoms with Crippen LogP contribution >= 0.6 is 0 Å². The highest BCUT2D eigenvalue weighted by Crippen LogP contribution is 2.32. The largest absolute Gasteiger partial charge is 0.332 e. The zero-order valence-corrected chi connectivity index (χ0v) is 16.4. The van der Waals surface area contributed by atoms with E-state index < -0.39 is 0 Å². The molecule has 3 heterocycles. The number of nitrogens with zero attached hydrogens (tertiary/aromatic N) is 3. The molecule has 2 atom stereocenters. The van der Waals surface area contributed by atoms with E-state index in [-0.39, 0.29) is 17.5 Å². The molecule has 6 nitrogen and oxygen atoms in total. The number of H-pyrrole nitrogens is 1. The Morgan fingerprint density at radius 1 is 1.33 bits per heavy atom. The first-order chi connectivity index (χ1) is 13.0. The van der Waals surface area contributed by atoms with Gasteiger partial charge in [-0.1, -0.05) is 12.2 Å². The van der Waals surface area contributed by atoms with E-state index in [9.17, 15) is 9.59 Å². The van der Waals surface area contributed by atoms with Crippen LogP contribution in [-0.4, -0.2) is 44.8 Å². The van der Waals surface area contributed by atoms with Gasteiger partial charge in [-0.2, -0.15) is 0 Å². The van der Waals surface area contributed by atoms with E-state index >= 15 is 0 Å². The zero-order chi connectivity index (χ0) is 19.0. The van der Waals surface area contributed by atoms with E-state index in [1.54, 1.807) is 0 Å². The highest BCUT2D eigenvalue weighted by Gasteiger charge is 2.34. The van der Waals surface area contributed by atoms with Crippen molar-refractivity contribution >= 4 is 5.91 Å². The van der Waals surface area contributed by atoms with Gasteiger partial charge in [0.1, 0.15) is 5.82 Å². The topological polar surface area (TPSA) is 69.3 Å². The van der Waals surface area contributed by atoms with Crippen LogP contribution in [0.1, 0.15) is 69.1 Å². The summed E-state index contributed by atoms with van der Waals surface area (Å²) in [6, 6.07) is 0.341. The van der Waals surface area contributed by atoms with Gasteiger partial charge in [0.05, 0.1) is 17.3 Å². The van der Waals surface area contributed by atoms with Crippen LogP contribution in [0, 0.1) is 5.92 Å². The van der Waals surface area contributed by atoms with Gasteiger partial charge < -0.3 is 9.88 Å². The second-order valence-electron chi connectivity index (χ2n) is 8.41. The number of aromatic nitrogens is 2. The lowest BCUT2D eigenvalue weighted by Gasteiger charge is -2.31. The van der Waals surface area contributed by atoms with Crippen molar-refractivity contribution in [2.45, 2.75) is 71.0 Å². The molecule has 27 heavy (non-hydrogen) atoms. The summed E-state index contributed by atoms with van der Waals surface area (Å²) in [4.78, 5) is 37.7. The Morgan fingerprint density at radius 2 is 2.19 bits per heavy atom. The molecule has 0 aromatic carbocycles. The lowest BCUT2D eigenvalue weighted by atomic mass is 10.0. The Labute approximate surface area is 160 Å². The van der Waals surface area contributed by atoms with Gasteiger partial charge in [-0.3, -0.25) is 14.5 Å². The van der Waals surface area contributed by atoms with Crippen molar-refractivity contribution in [1.29, 1.82) is 0 Å². The molecule has 3 aliphatic rings. The third-order valence-electron chi connectivity index (χ3n) is 6.28.